The number of carbonyl (C=O) groups is 1. The fourth-order valence-corrected chi connectivity index (χ4v) is 1.37. The number of nitrogens with zero attached hydrogens (tertiary/aromatic N) is 1. The highest BCUT2D eigenvalue weighted by Crippen LogP contribution is 2.14. The van der Waals surface area contributed by atoms with E-state index in [0.29, 0.717) is 6.54 Å². The van der Waals surface area contributed by atoms with Gasteiger partial charge < -0.3 is 14.7 Å². The van der Waals surface area contributed by atoms with Gasteiger partial charge in [0.1, 0.15) is 0 Å². The molecule has 4 heteroatoms. The molecule has 0 spiro atoms. The minimum Gasteiger partial charge on any atom is -0.481 e. The molecule has 0 aliphatic heterocycles. The summed E-state index contributed by atoms with van der Waals surface area (Å²) in [4.78, 5) is 12.9. The van der Waals surface area contributed by atoms with Crippen molar-refractivity contribution in [3.8, 4) is 0 Å². The number of aliphatic carboxylic acids is 1. The van der Waals surface area contributed by atoms with E-state index in [2.05, 4.69) is 4.90 Å². The van der Waals surface area contributed by atoms with Crippen molar-refractivity contribution < 1.29 is 14.6 Å². The number of rotatable bonds is 8. The average molecular weight is 231 g/mol. The number of hydrogen-bond donors (Lipinski definition) is 1. The van der Waals surface area contributed by atoms with E-state index < -0.39 is 5.97 Å². The Hall–Kier alpha value is -0.610. The van der Waals surface area contributed by atoms with E-state index in [1.807, 2.05) is 20.8 Å². The summed E-state index contributed by atoms with van der Waals surface area (Å²) in [6.45, 7) is 10.2. The van der Waals surface area contributed by atoms with Gasteiger partial charge in [0.25, 0.3) is 0 Å². The first kappa shape index (κ1) is 15.4. The highest BCUT2D eigenvalue weighted by molar-refractivity contribution is 5.69. The second-order valence-electron chi connectivity index (χ2n) is 4.85. The van der Waals surface area contributed by atoms with Crippen molar-refractivity contribution in [1.82, 2.24) is 4.90 Å². The van der Waals surface area contributed by atoms with Gasteiger partial charge in [-0.15, -0.1) is 0 Å². The smallest absolute Gasteiger partial charge is 0.307 e. The minimum absolute atomic E-state index is 0.139. The van der Waals surface area contributed by atoms with Crippen LogP contribution in [0.15, 0.2) is 0 Å². The topological polar surface area (TPSA) is 49.8 Å². The molecule has 0 fully saturated rings. The monoisotopic (exact) mass is 231 g/mol. The molecular weight excluding hydrogens is 206 g/mol. The number of hydrogen-bond acceptors (Lipinski definition) is 3. The van der Waals surface area contributed by atoms with Crippen LogP contribution in [0, 0.1) is 5.92 Å². The van der Waals surface area contributed by atoms with Gasteiger partial charge in [-0.25, -0.2) is 0 Å². The normalized spacial score (nSPS) is 14.1. The molecule has 0 saturated heterocycles. The van der Waals surface area contributed by atoms with Crippen molar-refractivity contribution in [2.45, 2.75) is 39.7 Å². The summed E-state index contributed by atoms with van der Waals surface area (Å²) in [6.07, 6.45) is 0.906. The van der Waals surface area contributed by atoms with E-state index in [4.69, 9.17) is 9.84 Å². The summed E-state index contributed by atoms with van der Waals surface area (Å²) in [6, 6.07) is 0. The second kappa shape index (κ2) is 6.86. The molecular formula is C12H25NO3. The minimum atomic E-state index is -0.732. The van der Waals surface area contributed by atoms with Crippen molar-refractivity contribution in [2.24, 2.45) is 5.92 Å². The van der Waals surface area contributed by atoms with Gasteiger partial charge in [0.2, 0.25) is 0 Å². The standard InChI is InChI=1S/C12H25NO3/c1-6-13(9-10(2)11(14)15)8-7-12(3,4)16-5/h10H,6-9H2,1-5H3,(H,14,15). The van der Waals surface area contributed by atoms with E-state index in [1.54, 1.807) is 14.0 Å². The number of carboxylic acids is 1. The molecule has 0 aromatic carbocycles. The first-order valence-electron chi connectivity index (χ1n) is 5.82. The number of methoxy groups -OCH3 is 1. The molecule has 1 N–H and O–H groups in total. The largest absolute Gasteiger partial charge is 0.481 e. The van der Waals surface area contributed by atoms with E-state index >= 15 is 0 Å². The van der Waals surface area contributed by atoms with Gasteiger partial charge in [0.15, 0.2) is 0 Å². The summed E-state index contributed by atoms with van der Waals surface area (Å²) in [5.74, 6) is -1.05. The van der Waals surface area contributed by atoms with Crippen molar-refractivity contribution in [1.29, 1.82) is 0 Å². The maximum Gasteiger partial charge on any atom is 0.307 e. The van der Waals surface area contributed by atoms with Crippen LogP contribution in [0.5, 0.6) is 0 Å². The summed E-state index contributed by atoms with van der Waals surface area (Å²) in [5, 5.41) is 8.85. The van der Waals surface area contributed by atoms with Gasteiger partial charge in [0.05, 0.1) is 11.5 Å². The first-order chi connectivity index (χ1) is 7.32. The molecule has 1 unspecified atom stereocenters. The summed E-state index contributed by atoms with van der Waals surface area (Å²) < 4.78 is 5.34. The van der Waals surface area contributed by atoms with E-state index in [-0.39, 0.29) is 11.5 Å². The molecule has 4 nitrogen and oxygen atoms in total. The maximum atomic E-state index is 10.8. The number of carboxylic acid groups (broad SMARTS) is 1. The lowest BCUT2D eigenvalue weighted by Gasteiger charge is -2.28. The third kappa shape index (κ3) is 6.08. The lowest BCUT2D eigenvalue weighted by molar-refractivity contribution is -0.141. The number of ether oxygens (including phenoxy) is 1. The summed E-state index contributed by atoms with van der Waals surface area (Å²) in [7, 11) is 1.70. The van der Waals surface area contributed by atoms with Crippen LogP contribution in [0.4, 0.5) is 0 Å². The van der Waals surface area contributed by atoms with Gasteiger partial charge >= 0.3 is 5.97 Å². The Bertz CT molecular complexity index is 216. The highest BCUT2D eigenvalue weighted by Gasteiger charge is 2.20. The zero-order chi connectivity index (χ0) is 12.8. The third-order valence-electron chi connectivity index (χ3n) is 2.98. The van der Waals surface area contributed by atoms with E-state index in [9.17, 15) is 4.79 Å². The van der Waals surface area contributed by atoms with Crippen LogP contribution in [-0.4, -0.2) is 48.3 Å². The molecule has 0 heterocycles. The fraction of sp³-hybridized carbons (Fsp3) is 0.917. The lowest BCUT2D eigenvalue weighted by Crippen LogP contribution is -2.36. The van der Waals surface area contributed by atoms with Crippen molar-refractivity contribution in [3.63, 3.8) is 0 Å². The lowest BCUT2D eigenvalue weighted by atomic mass is 10.0. The van der Waals surface area contributed by atoms with Crippen molar-refractivity contribution >= 4 is 5.97 Å². The second-order valence-corrected chi connectivity index (χ2v) is 4.85. The fourth-order valence-electron chi connectivity index (χ4n) is 1.37. The summed E-state index contributed by atoms with van der Waals surface area (Å²) in [5.41, 5.74) is -0.139. The van der Waals surface area contributed by atoms with Crippen LogP contribution in [0.1, 0.15) is 34.1 Å². The van der Waals surface area contributed by atoms with Crippen LogP contribution in [0.3, 0.4) is 0 Å². The third-order valence-corrected chi connectivity index (χ3v) is 2.98. The Morgan fingerprint density at radius 3 is 2.44 bits per heavy atom. The SMILES string of the molecule is CCN(CCC(C)(C)OC)CC(C)C(=O)O. The molecule has 0 saturated carbocycles. The van der Waals surface area contributed by atoms with Gasteiger partial charge in [-0.3, -0.25) is 4.79 Å². The Balaban J connectivity index is 4.06. The molecule has 0 aromatic heterocycles. The molecule has 0 aliphatic carbocycles. The van der Waals surface area contributed by atoms with Gasteiger partial charge in [-0.05, 0) is 26.8 Å². The van der Waals surface area contributed by atoms with Gasteiger partial charge in [-0.1, -0.05) is 13.8 Å². The predicted octanol–water partition coefficient (Wildman–Crippen LogP) is 1.84. The Labute approximate surface area is 98.6 Å². The van der Waals surface area contributed by atoms with E-state index in [0.717, 1.165) is 19.5 Å². The average Bonchev–Trinajstić information content (AvgIpc) is 2.23. The van der Waals surface area contributed by atoms with Crippen LogP contribution in [0.25, 0.3) is 0 Å². The van der Waals surface area contributed by atoms with Gasteiger partial charge in [-0.2, -0.15) is 0 Å². The van der Waals surface area contributed by atoms with Crippen LogP contribution >= 0.6 is 0 Å². The molecule has 0 aliphatic rings. The van der Waals surface area contributed by atoms with Crippen LogP contribution in [0.2, 0.25) is 0 Å². The first-order valence-corrected chi connectivity index (χ1v) is 5.82. The van der Waals surface area contributed by atoms with Crippen LogP contribution < -0.4 is 0 Å². The molecule has 0 bridgehead atoms. The Morgan fingerprint density at radius 2 is 2.06 bits per heavy atom. The zero-order valence-corrected chi connectivity index (χ0v) is 11.1. The summed E-state index contributed by atoms with van der Waals surface area (Å²) >= 11 is 0. The van der Waals surface area contributed by atoms with Gasteiger partial charge in [0, 0.05) is 20.2 Å². The predicted molar refractivity (Wildman–Crippen MR) is 64.6 cm³/mol. The van der Waals surface area contributed by atoms with Crippen LogP contribution in [-0.2, 0) is 9.53 Å². The zero-order valence-electron chi connectivity index (χ0n) is 11.1. The molecule has 0 aromatic rings. The Kier molecular flexibility index (Phi) is 6.60. The quantitative estimate of drug-likeness (QED) is 0.692. The molecule has 1 atom stereocenters. The molecule has 0 radical (unpaired) electrons. The molecule has 96 valence electrons. The van der Waals surface area contributed by atoms with Crippen molar-refractivity contribution in [3.05, 3.63) is 0 Å². The highest BCUT2D eigenvalue weighted by atomic mass is 16.5. The van der Waals surface area contributed by atoms with Crippen molar-refractivity contribution in [2.75, 3.05) is 26.7 Å². The molecule has 0 amide bonds. The maximum absolute atomic E-state index is 10.8. The Morgan fingerprint density at radius 1 is 1.50 bits per heavy atom. The van der Waals surface area contributed by atoms with E-state index in [1.165, 1.54) is 0 Å². The molecule has 16 heavy (non-hydrogen) atoms. The molecule has 0 rings (SSSR count).